The molecule has 38 heteroatoms. The fraction of sp³-hybridized carbons (Fsp3) is 0.797. The maximum atomic E-state index is 14.4. The van der Waals surface area contributed by atoms with Crippen molar-refractivity contribution in [1.82, 2.24) is 36.8 Å². The van der Waals surface area contributed by atoms with Gasteiger partial charge in [0.05, 0.1) is 145 Å². The van der Waals surface area contributed by atoms with E-state index in [1.54, 1.807) is 45.0 Å². The van der Waals surface area contributed by atoms with E-state index in [1.807, 2.05) is 0 Å². The fourth-order valence-electron chi connectivity index (χ4n) is 9.69. The van der Waals surface area contributed by atoms with Gasteiger partial charge in [0, 0.05) is 45.6 Å². The van der Waals surface area contributed by atoms with Crippen molar-refractivity contribution >= 4 is 53.7 Å². The van der Waals surface area contributed by atoms with Gasteiger partial charge in [-0.15, -0.1) is 0 Å². The maximum Gasteiger partial charge on any atom is 0.237 e. The van der Waals surface area contributed by atoms with Gasteiger partial charge in [-0.25, -0.2) is 0 Å². The molecule has 17 unspecified atom stereocenters. The monoisotopic (exact) mass is 1430 g/mol. The number of hydrogen-bond donors (Lipinski definition) is 15. The third kappa shape index (κ3) is 30.0. The summed E-state index contributed by atoms with van der Waals surface area (Å²) in [6.45, 7) is 2.63. The van der Waals surface area contributed by atoms with Crippen LogP contribution in [0.1, 0.15) is 47.1 Å². The van der Waals surface area contributed by atoms with Crippen LogP contribution in [0.5, 0.6) is 5.75 Å². The van der Waals surface area contributed by atoms with E-state index in [-0.39, 0.29) is 131 Å². The molecule has 0 bridgehead atoms. The number of carbonyl (C=O) groups is 6. The normalized spacial score (nSPS) is 26.9. The van der Waals surface area contributed by atoms with E-state index in [2.05, 4.69) is 31.9 Å². The van der Waals surface area contributed by atoms with Crippen molar-refractivity contribution in [2.45, 2.75) is 151 Å². The molecule has 0 aromatic heterocycles. The van der Waals surface area contributed by atoms with Crippen LogP contribution in [0, 0.1) is 0 Å². The molecule has 17 atom stereocenters. The summed E-state index contributed by atoms with van der Waals surface area (Å²) < 4.78 is 73.0. The molecule has 1 aromatic carbocycles. The second-order valence-electron chi connectivity index (χ2n) is 23.6. The molecule has 6 amide bonds. The van der Waals surface area contributed by atoms with Crippen molar-refractivity contribution in [2.24, 2.45) is 0 Å². The minimum Gasteiger partial charge on any atom is -0.791 e. The Balaban J connectivity index is 1.35. The number of aliphatic hydroxyl groups excluding tert-OH is 9. The van der Waals surface area contributed by atoms with Crippen LogP contribution in [0.15, 0.2) is 24.3 Å². The number of nitrogens with zero attached hydrogens (tertiary/aromatic N) is 1. The minimum atomic E-state index is -3.57. The summed E-state index contributed by atoms with van der Waals surface area (Å²) in [4.78, 5) is 91.9. The number of nitrogens with one attached hydrogen (secondary N) is 6. The zero-order chi connectivity index (χ0) is 71.7. The zero-order valence-electron chi connectivity index (χ0n) is 55.5. The van der Waals surface area contributed by atoms with E-state index >= 15 is 0 Å². The summed E-state index contributed by atoms with van der Waals surface area (Å²) in [6, 6.07) is 1.76. The first-order valence-electron chi connectivity index (χ1n) is 31.8. The van der Waals surface area contributed by atoms with E-state index in [1.165, 1.54) is 25.7 Å². The first kappa shape index (κ1) is 85.0. The molecule has 97 heavy (non-hydrogen) atoms. The molecule has 4 rings (SSSR count). The van der Waals surface area contributed by atoms with Crippen LogP contribution < -0.4 is 41.3 Å². The lowest BCUT2D eigenvalue weighted by atomic mass is 9.97. The van der Waals surface area contributed by atoms with Gasteiger partial charge in [-0.3, -0.25) is 33.7 Å². The number of amides is 6. The van der Waals surface area contributed by atoms with E-state index < -0.39 is 178 Å². The Hall–Kier alpha value is -4.43. The number of hydrogen-bond acceptors (Lipinski definition) is 31. The van der Waals surface area contributed by atoms with Crippen LogP contribution in [0.25, 0.3) is 0 Å². The Kier molecular flexibility index (Phi) is 39.2. The van der Waals surface area contributed by atoms with Gasteiger partial charge in [0.25, 0.3) is 0 Å². The quantitative estimate of drug-likeness (QED) is 0.0213. The predicted molar refractivity (Wildman–Crippen MR) is 338 cm³/mol. The lowest BCUT2D eigenvalue weighted by Gasteiger charge is -2.42. The first-order valence-corrected chi connectivity index (χ1v) is 34.4. The first-order chi connectivity index (χ1) is 46.1. The highest BCUT2D eigenvalue weighted by Gasteiger charge is 2.48. The number of ether oxygens (including phenoxy) is 12. The highest BCUT2D eigenvalue weighted by molar-refractivity contribution is 8.09. The minimum absolute atomic E-state index is 0.00408. The van der Waals surface area contributed by atoms with Gasteiger partial charge in [0.1, 0.15) is 78.8 Å². The summed E-state index contributed by atoms with van der Waals surface area (Å²) in [7, 11) is 0. The summed E-state index contributed by atoms with van der Waals surface area (Å²) >= 11 is 5.33. The highest BCUT2D eigenvalue weighted by Crippen LogP contribution is 2.51. The second-order valence-corrected chi connectivity index (χ2v) is 27.6. The van der Waals surface area contributed by atoms with Crippen molar-refractivity contribution in [1.29, 1.82) is 0 Å². The van der Waals surface area contributed by atoms with Gasteiger partial charge in [0.15, 0.2) is 18.9 Å². The Labute approximate surface area is 567 Å². The van der Waals surface area contributed by atoms with E-state index in [9.17, 15) is 79.6 Å². The Morgan fingerprint density at radius 2 is 0.814 bits per heavy atom. The third-order valence-corrected chi connectivity index (χ3v) is 18.9. The topological polar surface area (TPSA) is 503 Å². The van der Waals surface area contributed by atoms with Crippen LogP contribution in [0.2, 0.25) is 0 Å². The van der Waals surface area contributed by atoms with Gasteiger partial charge in [-0.1, -0.05) is 44.7 Å². The molecule has 0 spiro atoms. The smallest absolute Gasteiger partial charge is 0.237 e. The molecule has 0 radical (unpaired) electrons. The van der Waals surface area contributed by atoms with Crippen LogP contribution in [-0.4, -0.2) is 341 Å². The number of benzene rings is 1. The SMILES string of the molecule is CC(=O)NC1C(OCCOCCOCCNC(=O)CN(CC(=O)NCCOCCOCCOC2OC(CO)C(O)C(O)C2NC(C)=O)C(Cc2ccc(OP([O-])(=S)C(C)(C)C)cc2)C(=O)NCCOCCOCCOC2OC(CO)C(O)C(O)C2NC(C)=O)OC(CO)C(O)C1O. The lowest BCUT2D eigenvalue weighted by molar-refractivity contribution is -0.272. The number of carbonyl (C=O) groups excluding carboxylic acids is 6. The lowest BCUT2D eigenvalue weighted by Crippen LogP contribution is -2.64. The molecule has 3 fully saturated rings. The average molecular weight is 1440 g/mol. The predicted octanol–water partition coefficient (Wildman–Crippen LogP) is -7.92. The van der Waals surface area contributed by atoms with Crippen molar-refractivity contribution in [2.75, 3.05) is 152 Å². The molecule has 3 aliphatic rings. The van der Waals surface area contributed by atoms with Crippen molar-refractivity contribution in [3.63, 3.8) is 0 Å². The maximum absolute atomic E-state index is 14.4. The van der Waals surface area contributed by atoms with Crippen LogP contribution >= 0.6 is 6.49 Å². The van der Waals surface area contributed by atoms with Gasteiger partial charge in [-0.05, 0) is 24.1 Å². The van der Waals surface area contributed by atoms with E-state index in [0.29, 0.717) is 5.56 Å². The molecule has 36 nitrogen and oxygen atoms in total. The molecule has 3 aliphatic heterocycles. The Morgan fingerprint density at radius 3 is 1.12 bits per heavy atom. The van der Waals surface area contributed by atoms with Crippen molar-refractivity contribution < 1.29 is 141 Å². The highest BCUT2D eigenvalue weighted by atomic mass is 32.5. The summed E-state index contributed by atoms with van der Waals surface area (Å²) in [5.41, 5.74) is 0.550. The fourth-order valence-corrected chi connectivity index (χ4v) is 10.6. The Morgan fingerprint density at radius 1 is 0.505 bits per heavy atom. The van der Waals surface area contributed by atoms with E-state index in [4.69, 9.17) is 73.2 Å². The largest absolute Gasteiger partial charge is 0.791 e. The second kappa shape index (κ2) is 44.7. The Bertz CT molecular complexity index is 2460. The molecule has 0 aliphatic carbocycles. The van der Waals surface area contributed by atoms with Gasteiger partial charge in [0.2, 0.25) is 35.4 Å². The van der Waals surface area contributed by atoms with Gasteiger partial charge < -0.3 is 144 Å². The third-order valence-electron chi connectivity index (χ3n) is 14.9. The van der Waals surface area contributed by atoms with Crippen molar-refractivity contribution in [3.8, 4) is 5.75 Å². The molecule has 3 heterocycles. The molecular weight excluding hydrogens is 1330 g/mol. The molecular formula is C59H101N7O29PS-. The standard InChI is InChI=1S/C59H102N7O29PS/c1-35(70)63-46-52(78)49(75)41(32-67)92-56(46)89-26-23-86-20-17-83-14-11-60-44(73)30-66(31-45(74)61-12-15-84-18-21-87-24-27-90-57-47(64-36(2)71)53(79)50(76)42(33-68)93-57)40(29-38-7-9-39(10-8-38)95-96(82,97)59(4,5)6)55(81)62-13-16-85-19-22-88-25-28-91-58-48(65-37(3)72)54(80)51(77)43(34-69)94-58/h7-10,40-43,46-54,56-58,67-69,75-80H,11-34H2,1-6H3,(H,60,73)(H,61,74)(H,62,81)(H,63,70)(H,64,71)(H,65,72)(H,82,97)/p-1. The summed E-state index contributed by atoms with van der Waals surface area (Å²) in [6.07, 6.45) is -16.1. The average Bonchev–Trinajstić information content (AvgIpc) is 0.837. The van der Waals surface area contributed by atoms with Gasteiger partial charge >= 0.3 is 0 Å². The summed E-state index contributed by atoms with van der Waals surface area (Å²) in [5.74, 6) is -3.09. The van der Waals surface area contributed by atoms with Crippen LogP contribution in [-0.2, 0) is 104 Å². The van der Waals surface area contributed by atoms with Crippen LogP contribution in [0.3, 0.4) is 0 Å². The van der Waals surface area contributed by atoms with Gasteiger partial charge in [-0.2, -0.15) is 0 Å². The molecule has 15 N–H and O–H groups in total. The number of aliphatic hydroxyl groups is 9. The molecule has 558 valence electrons. The summed E-state index contributed by atoms with van der Waals surface area (Å²) in [5, 5.41) is 106. The molecule has 0 saturated carbocycles. The molecule has 1 aromatic rings. The number of rotatable bonds is 46. The van der Waals surface area contributed by atoms with E-state index in [0.717, 1.165) is 0 Å². The molecule has 3 saturated heterocycles. The zero-order valence-corrected chi connectivity index (χ0v) is 57.2. The van der Waals surface area contributed by atoms with Crippen LogP contribution in [0.4, 0.5) is 0 Å². The van der Waals surface area contributed by atoms with Crippen molar-refractivity contribution in [3.05, 3.63) is 29.8 Å².